The average molecular weight is 248 g/mol. The number of nitrogens with one attached hydrogen (secondary N) is 1. The summed E-state index contributed by atoms with van der Waals surface area (Å²) in [6.07, 6.45) is 0.841. The highest BCUT2D eigenvalue weighted by Crippen LogP contribution is 2.20. The van der Waals surface area contributed by atoms with Crippen molar-refractivity contribution in [3.63, 3.8) is 0 Å². The quantitative estimate of drug-likeness (QED) is 0.856. The Morgan fingerprint density at radius 2 is 2.06 bits per heavy atom. The molecule has 96 valence electrons. The minimum Gasteiger partial charge on any atom is -0.481 e. The van der Waals surface area contributed by atoms with E-state index in [9.17, 15) is 9.59 Å². The van der Waals surface area contributed by atoms with Gasteiger partial charge in [-0.25, -0.2) is 4.79 Å². The Hall–Kier alpha value is -2.04. The van der Waals surface area contributed by atoms with Crippen LogP contribution in [-0.4, -0.2) is 35.1 Å². The molecule has 2 amide bonds. The first-order valence-corrected chi connectivity index (χ1v) is 5.98. The number of carbonyl (C=O) groups excluding carboxylic acids is 1. The van der Waals surface area contributed by atoms with Crippen molar-refractivity contribution >= 4 is 17.7 Å². The lowest BCUT2D eigenvalue weighted by Gasteiger charge is -2.36. The molecule has 0 aromatic heterocycles. The summed E-state index contributed by atoms with van der Waals surface area (Å²) in [5.74, 6) is -1.26. The molecule has 0 bridgehead atoms. The van der Waals surface area contributed by atoms with Gasteiger partial charge in [0.2, 0.25) is 0 Å². The summed E-state index contributed by atoms with van der Waals surface area (Å²) in [4.78, 5) is 24.0. The number of nitrogens with zero attached hydrogens (tertiary/aromatic N) is 1. The number of amides is 2. The van der Waals surface area contributed by atoms with Gasteiger partial charge < -0.3 is 15.3 Å². The molecule has 5 nitrogen and oxygen atoms in total. The molecular formula is C13H16N2O3. The van der Waals surface area contributed by atoms with Gasteiger partial charge in [-0.3, -0.25) is 4.79 Å². The number of carboxylic acids is 1. The number of urea groups is 1. The number of aryl methyl sites for hydroxylation is 1. The van der Waals surface area contributed by atoms with Crippen LogP contribution < -0.4 is 5.32 Å². The van der Waals surface area contributed by atoms with Crippen LogP contribution in [0.25, 0.3) is 0 Å². The van der Waals surface area contributed by atoms with Gasteiger partial charge >= 0.3 is 12.0 Å². The first-order chi connectivity index (χ1) is 8.61. The largest absolute Gasteiger partial charge is 0.481 e. The predicted molar refractivity (Wildman–Crippen MR) is 67.5 cm³/mol. The number of carbonyl (C=O) groups is 2. The standard InChI is InChI=1S/C13H16N2O3/c1-2-9-5-3-4-6-11(9)14-13(18)15-7-10(8-15)12(16)17/h3-6,10H,2,7-8H2,1H3,(H,14,18)(H,16,17). The number of carboxylic acid groups (broad SMARTS) is 1. The average Bonchev–Trinajstić information content (AvgIpc) is 2.27. The summed E-state index contributed by atoms with van der Waals surface area (Å²) in [6, 6.07) is 7.38. The number of para-hydroxylation sites is 1. The zero-order valence-corrected chi connectivity index (χ0v) is 10.2. The highest BCUT2D eigenvalue weighted by molar-refractivity contribution is 5.91. The van der Waals surface area contributed by atoms with Crippen molar-refractivity contribution in [3.8, 4) is 0 Å². The number of benzene rings is 1. The molecule has 1 saturated heterocycles. The van der Waals surface area contributed by atoms with E-state index in [-0.39, 0.29) is 19.1 Å². The van der Waals surface area contributed by atoms with Crippen LogP contribution >= 0.6 is 0 Å². The van der Waals surface area contributed by atoms with Gasteiger partial charge in [0.1, 0.15) is 0 Å². The van der Waals surface area contributed by atoms with E-state index in [2.05, 4.69) is 5.32 Å². The van der Waals surface area contributed by atoms with Gasteiger partial charge in [-0.15, -0.1) is 0 Å². The zero-order chi connectivity index (χ0) is 13.1. The second kappa shape index (κ2) is 5.08. The van der Waals surface area contributed by atoms with Crippen LogP contribution in [0, 0.1) is 5.92 Å². The lowest BCUT2D eigenvalue weighted by atomic mass is 10.0. The zero-order valence-electron chi connectivity index (χ0n) is 10.2. The van der Waals surface area contributed by atoms with E-state index in [0.29, 0.717) is 0 Å². The van der Waals surface area contributed by atoms with Gasteiger partial charge in [0, 0.05) is 18.8 Å². The van der Waals surface area contributed by atoms with Crippen LogP contribution in [0.15, 0.2) is 24.3 Å². The summed E-state index contributed by atoms with van der Waals surface area (Å²) in [7, 11) is 0. The second-order valence-electron chi connectivity index (χ2n) is 4.38. The Labute approximate surface area is 105 Å². The van der Waals surface area contributed by atoms with Crippen molar-refractivity contribution in [2.45, 2.75) is 13.3 Å². The Morgan fingerprint density at radius 1 is 1.39 bits per heavy atom. The second-order valence-corrected chi connectivity index (χ2v) is 4.38. The van der Waals surface area contributed by atoms with E-state index < -0.39 is 11.9 Å². The third kappa shape index (κ3) is 2.45. The topological polar surface area (TPSA) is 69.6 Å². The maximum Gasteiger partial charge on any atom is 0.321 e. The van der Waals surface area contributed by atoms with Crippen LogP contribution in [0.2, 0.25) is 0 Å². The van der Waals surface area contributed by atoms with Crippen molar-refractivity contribution in [2.24, 2.45) is 5.92 Å². The SMILES string of the molecule is CCc1ccccc1NC(=O)N1CC(C(=O)O)C1. The summed E-state index contributed by atoms with van der Waals surface area (Å²) in [5.41, 5.74) is 1.87. The van der Waals surface area contributed by atoms with E-state index in [1.165, 1.54) is 4.90 Å². The van der Waals surface area contributed by atoms with Crippen LogP contribution in [0.3, 0.4) is 0 Å². The van der Waals surface area contributed by atoms with E-state index in [1.807, 2.05) is 31.2 Å². The Balaban J connectivity index is 1.94. The van der Waals surface area contributed by atoms with Gasteiger partial charge in [-0.1, -0.05) is 25.1 Å². The molecule has 0 saturated carbocycles. The first-order valence-electron chi connectivity index (χ1n) is 5.98. The molecule has 1 aromatic rings. The molecule has 1 fully saturated rings. The molecule has 1 heterocycles. The van der Waals surface area contributed by atoms with Crippen molar-refractivity contribution in [1.29, 1.82) is 0 Å². The van der Waals surface area contributed by atoms with Crippen molar-refractivity contribution in [2.75, 3.05) is 18.4 Å². The summed E-state index contributed by atoms with van der Waals surface area (Å²) in [6.45, 7) is 2.60. The molecule has 5 heteroatoms. The molecule has 0 aliphatic carbocycles. The van der Waals surface area contributed by atoms with Crippen molar-refractivity contribution in [1.82, 2.24) is 4.90 Å². The summed E-state index contributed by atoms with van der Waals surface area (Å²) in [5, 5.41) is 11.6. The molecule has 2 N–H and O–H groups in total. The van der Waals surface area contributed by atoms with E-state index in [4.69, 9.17) is 5.11 Å². The monoisotopic (exact) mass is 248 g/mol. The van der Waals surface area contributed by atoms with Gasteiger partial charge in [0.15, 0.2) is 0 Å². The van der Waals surface area contributed by atoms with E-state index >= 15 is 0 Å². The van der Waals surface area contributed by atoms with E-state index in [0.717, 1.165) is 17.7 Å². The highest BCUT2D eigenvalue weighted by atomic mass is 16.4. The normalized spacial score (nSPS) is 15.1. The molecule has 2 rings (SSSR count). The van der Waals surface area contributed by atoms with Gasteiger partial charge in [0.05, 0.1) is 5.92 Å². The Morgan fingerprint density at radius 3 is 2.67 bits per heavy atom. The predicted octanol–water partition coefficient (Wildman–Crippen LogP) is 1.80. The van der Waals surface area contributed by atoms with Crippen molar-refractivity contribution < 1.29 is 14.7 Å². The number of rotatable bonds is 3. The maximum atomic E-state index is 11.9. The minimum absolute atomic E-state index is 0.228. The van der Waals surface area contributed by atoms with Gasteiger partial charge in [-0.2, -0.15) is 0 Å². The molecule has 0 radical (unpaired) electrons. The molecule has 18 heavy (non-hydrogen) atoms. The molecule has 0 atom stereocenters. The van der Waals surface area contributed by atoms with Crippen LogP contribution in [-0.2, 0) is 11.2 Å². The molecule has 0 spiro atoms. The number of aliphatic carboxylic acids is 1. The first kappa shape index (κ1) is 12.4. The van der Waals surface area contributed by atoms with E-state index in [1.54, 1.807) is 0 Å². The Bertz CT molecular complexity index is 467. The lowest BCUT2D eigenvalue weighted by Crippen LogP contribution is -2.54. The molecular weight excluding hydrogens is 232 g/mol. The fourth-order valence-corrected chi connectivity index (χ4v) is 1.95. The smallest absolute Gasteiger partial charge is 0.321 e. The third-order valence-corrected chi connectivity index (χ3v) is 3.16. The minimum atomic E-state index is -0.840. The molecule has 1 aliphatic rings. The van der Waals surface area contributed by atoms with Gasteiger partial charge in [0.25, 0.3) is 0 Å². The van der Waals surface area contributed by atoms with Gasteiger partial charge in [-0.05, 0) is 18.1 Å². The summed E-state index contributed by atoms with van der Waals surface area (Å²) >= 11 is 0. The van der Waals surface area contributed by atoms with Crippen molar-refractivity contribution in [3.05, 3.63) is 29.8 Å². The van der Waals surface area contributed by atoms with Crippen LogP contribution in [0.5, 0.6) is 0 Å². The highest BCUT2D eigenvalue weighted by Gasteiger charge is 2.35. The van der Waals surface area contributed by atoms with Crippen LogP contribution in [0.1, 0.15) is 12.5 Å². The van der Waals surface area contributed by atoms with Crippen LogP contribution in [0.4, 0.5) is 10.5 Å². The number of hydrogen-bond acceptors (Lipinski definition) is 2. The fourth-order valence-electron chi connectivity index (χ4n) is 1.95. The maximum absolute atomic E-state index is 11.9. The third-order valence-electron chi connectivity index (χ3n) is 3.16. The lowest BCUT2D eigenvalue weighted by molar-refractivity contribution is -0.145. The fraction of sp³-hybridized carbons (Fsp3) is 0.385. The number of hydrogen-bond donors (Lipinski definition) is 2. The Kier molecular flexibility index (Phi) is 3.50. The molecule has 0 unspecified atom stereocenters. The molecule has 1 aromatic carbocycles. The number of likely N-dealkylation sites (tertiary alicyclic amines) is 1. The summed E-state index contributed by atoms with van der Waals surface area (Å²) < 4.78 is 0. The number of anilines is 1. The molecule has 1 aliphatic heterocycles.